The second-order valence-corrected chi connectivity index (χ2v) is 3.34. The van der Waals surface area contributed by atoms with E-state index in [0.717, 1.165) is 0 Å². The average Bonchev–Trinajstić information content (AvgIpc) is 2.81. The van der Waals surface area contributed by atoms with Crippen LogP contribution in [-0.2, 0) is 9.59 Å². The number of carbonyl (C=O) groups excluding carboxylic acids is 2. The predicted molar refractivity (Wildman–Crippen MR) is 38.4 cm³/mol. The summed E-state index contributed by atoms with van der Waals surface area (Å²) in [6, 6.07) is 0. The Morgan fingerprint density at radius 1 is 1.31 bits per heavy atom. The molecule has 1 atom stereocenters. The van der Waals surface area contributed by atoms with E-state index in [0.29, 0.717) is 12.8 Å². The first-order valence-corrected chi connectivity index (χ1v) is 4.06. The van der Waals surface area contributed by atoms with Crippen molar-refractivity contribution < 1.29 is 22.8 Å². The molecular formula is C7H6ClF3O2. The summed E-state index contributed by atoms with van der Waals surface area (Å²) in [5.41, 5.74) is 0. The molecule has 0 aromatic rings. The van der Waals surface area contributed by atoms with Crippen molar-refractivity contribution in [2.45, 2.75) is 24.4 Å². The Bertz CT molecular complexity index is 245. The molecule has 0 spiro atoms. The number of carbonyl (C=O) groups is 2. The van der Waals surface area contributed by atoms with E-state index in [1.165, 1.54) is 0 Å². The van der Waals surface area contributed by atoms with Gasteiger partial charge in [-0.25, -0.2) is 0 Å². The SMILES string of the molecule is O=C(C1CC1)C(Cl)C(=O)C(F)(F)F. The summed E-state index contributed by atoms with van der Waals surface area (Å²) in [7, 11) is 0. The third kappa shape index (κ3) is 2.43. The van der Waals surface area contributed by atoms with Crippen molar-refractivity contribution in [2.75, 3.05) is 0 Å². The molecule has 1 aliphatic rings. The van der Waals surface area contributed by atoms with E-state index in [9.17, 15) is 22.8 Å². The Labute approximate surface area is 77.0 Å². The topological polar surface area (TPSA) is 34.1 Å². The standard InChI is InChI=1S/C7H6ClF3O2/c8-4(5(12)3-1-2-3)6(13)7(9,10)11/h3-4H,1-2H2. The van der Waals surface area contributed by atoms with Crippen LogP contribution in [0.4, 0.5) is 13.2 Å². The molecule has 0 aromatic heterocycles. The van der Waals surface area contributed by atoms with Gasteiger partial charge >= 0.3 is 6.18 Å². The maximum atomic E-state index is 11.8. The van der Waals surface area contributed by atoms with Gasteiger partial charge in [-0.3, -0.25) is 9.59 Å². The molecule has 1 aliphatic carbocycles. The molecule has 0 heterocycles. The zero-order chi connectivity index (χ0) is 10.2. The highest BCUT2D eigenvalue weighted by Crippen LogP contribution is 2.33. The van der Waals surface area contributed by atoms with Crippen molar-refractivity contribution in [3.63, 3.8) is 0 Å². The van der Waals surface area contributed by atoms with Crippen LogP contribution < -0.4 is 0 Å². The Hall–Kier alpha value is -0.580. The molecule has 0 amide bonds. The first kappa shape index (κ1) is 10.5. The monoisotopic (exact) mass is 214 g/mol. The molecule has 0 N–H and O–H groups in total. The van der Waals surface area contributed by atoms with Crippen LogP contribution in [0.2, 0.25) is 0 Å². The van der Waals surface area contributed by atoms with Gasteiger partial charge in [-0.15, -0.1) is 11.6 Å². The zero-order valence-corrected chi connectivity index (χ0v) is 7.15. The molecule has 0 saturated heterocycles. The van der Waals surface area contributed by atoms with E-state index < -0.39 is 29.0 Å². The fourth-order valence-corrected chi connectivity index (χ4v) is 1.15. The van der Waals surface area contributed by atoms with Gasteiger partial charge in [0.15, 0.2) is 11.2 Å². The molecule has 2 nitrogen and oxygen atoms in total. The van der Waals surface area contributed by atoms with Crippen molar-refractivity contribution in [1.29, 1.82) is 0 Å². The maximum Gasteiger partial charge on any atom is 0.452 e. The summed E-state index contributed by atoms with van der Waals surface area (Å²) in [6.45, 7) is 0. The minimum atomic E-state index is -5.02. The zero-order valence-electron chi connectivity index (χ0n) is 6.40. The van der Waals surface area contributed by atoms with Gasteiger partial charge in [0, 0.05) is 5.92 Å². The Morgan fingerprint density at radius 2 is 1.77 bits per heavy atom. The van der Waals surface area contributed by atoms with Crippen LogP contribution in [-0.4, -0.2) is 23.1 Å². The number of rotatable bonds is 3. The first-order valence-electron chi connectivity index (χ1n) is 3.63. The second-order valence-electron chi connectivity index (χ2n) is 2.90. The molecule has 1 rings (SSSR count). The lowest BCUT2D eigenvalue weighted by Gasteiger charge is -2.08. The number of hydrogen-bond acceptors (Lipinski definition) is 2. The molecule has 1 fully saturated rings. The molecular weight excluding hydrogens is 209 g/mol. The number of alkyl halides is 4. The molecule has 1 unspecified atom stereocenters. The molecule has 13 heavy (non-hydrogen) atoms. The number of halogens is 4. The minimum absolute atomic E-state index is 0.436. The van der Waals surface area contributed by atoms with Crippen molar-refractivity contribution in [3.05, 3.63) is 0 Å². The van der Waals surface area contributed by atoms with Crippen LogP contribution in [0.25, 0.3) is 0 Å². The Morgan fingerprint density at radius 3 is 2.08 bits per heavy atom. The second kappa shape index (κ2) is 3.29. The van der Waals surface area contributed by atoms with E-state index in [2.05, 4.69) is 0 Å². The van der Waals surface area contributed by atoms with Crippen LogP contribution in [0, 0.1) is 5.92 Å². The van der Waals surface area contributed by atoms with E-state index in [1.54, 1.807) is 0 Å². The lowest BCUT2D eigenvalue weighted by molar-refractivity contribution is -0.171. The summed E-state index contributed by atoms with van der Waals surface area (Å²) in [6.07, 6.45) is -3.95. The smallest absolute Gasteiger partial charge is 0.297 e. The highest BCUT2D eigenvalue weighted by molar-refractivity contribution is 6.43. The highest BCUT2D eigenvalue weighted by atomic mass is 35.5. The largest absolute Gasteiger partial charge is 0.452 e. The van der Waals surface area contributed by atoms with E-state index >= 15 is 0 Å². The minimum Gasteiger partial charge on any atom is -0.297 e. The molecule has 1 saturated carbocycles. The van der Waals surface area contributed by atoms with Gasteiger partial charge in [-0.05, 0) is 12.8 Å². The summed E-state index contributed by atoms with van der Waals surface area (Å²) < 4.78 is 35.3. The van der Waals surface area contributed by atoms with Crippen LogP contribution in [0.15, 0.2) is 0 Å². The summed E-state index contributed by atoms with van der Waals surface area (Å²) in [5, 5.41) is -2.05. The molecule has 74 valence electrons. The van der Waals surface area contributed by atoms with E-state index in [-0.39, 0.29) is 0 Å². The molecule has 0 radical (unpaired) electrons. The molecule has 0 aromatic carbocycles. The quantitative estimate of drug-likeness (QED) is 0.529. The Balaban J connectivity index is 2.61. The molecule has 0 aliphatic heterocycles. The summed E-state index contributed by atoms with van der Waals surface area (Å²) in [4.78, 5) is 21.4. The van der Waals surface area contributed by atoms with Gasteiger partial charge in [0.05, 0.1) is 0 Å². The normalized spacial score (nSPS) is 19.7. The van der Waals surface area contributed by atoms with Crippen LogP contribution in [0.5, 0.6) is 0 Å². The predicted octanol–water partition coefficient (Wildman–Crippen LogP) is 1.70. The molecule has 0 bridgehead atoms. The van der Waals surface area contributed by atoms with Gasteiger partial charge < -0.3 is 0 Å². The van der Waals surface area contributed by atoms with Gasteiger partial charge in [0.25, 0.3) is 5.78 Å². The van der Waals surface area contributed by atoms with Gasteiger partial charge in [-0.2, -0.15) is 13.2 Å². The van der Waals surface area contributed by atoms with Gasteiger partial charge in [0.2, 0.25) is 0 Å². The van der Waals surface area contributed by atoms with Crippen LogP contribution in [0.1, 0.15) is 12.8 Å². The van der Waals surface area contributed by atoms with Crippen LogP contribution >= 0.6 is 11.6 Å². The number of hydrogen-bond donors (Lipinski definition) is 0. The highest BCUT2D eigenvalue weighted by Gasteiger charge is 2.48. The fraction of sp³-hybridized carbons (Fsp3) is 0.714. The lowest BCUT2D eigenvalue weighted by Crippen LogP contribution is -2.36. The summed E-state index contributed by atoms with van der Waals surface area (Å²) >= 11 is 5.08. The van der Waals surface area contributed by atoms with Gasteiger partial charge in [-0.1, -0.05) is 0 Å². The van der Waals surface area contributed by atoms with Crippen molar-refractivity contribution in [3.8, 4) is 0 Å². The average molecular weight is 215 g/mol. The van der Waals surface area contributed by atoms with Crippen molar-refractivity contribution in [2.24, 2.45) is 5.92 Å². The van der Waals surface area contributed by atoms with Crippen LogP contribution in [0.3, 0.4) is 0 Å². The maximum absolute atomic E-state index is 11.8. The fourth-order valence-electron chi connectivity index (χ4n) is 0.848. The van der Waals surface area contributed by atoms with Gasteiger partial charge in [0.1, 0.15) is 0 Å². The van der Waals surface area contributed by atoms with Crippen molar-refractivity contribution >= 4 is 23.2 Å². The number of Topliss-reactive ketones (excluding diaryl/α,β-unsaturated/α-hetero) is 2. The van der Waals surface area contributed by atoms with Crippen molar-refractivity contribution in [1.82, 2.24) is 0 Å². The Kier molecular flexibility index (Phi) is 2.66. The third-order valence-electron chi connectivity index (χ3n) is 1.74. The lowest BCUT2D eigenvalue weighted by atomic mass is 10.1. The summed E-state index contributed by atoms with van der Waals surface area (Å²) in [5.74, 6) is -3.40. The van der Waals surface area contributed by atoms with E-state index in [4.69, 9.17) is 11.6 Å². The number of ketones is 2. The van der Waals surface area contributed by atoms with E-state index in [1.807, 2.05) is 0 Å². The third-order valence-corrected chi connectivity index (χ3v) is 2.15. The first-order chi connectivity index (χ1) is 5.84. The molecule has 6 heteroatoms.